The molecule has 7 heteroatoms. The van der Waals surface area contributed by atoms with Crippen molar-refractivity contribution >= 4 is 27.4 Å². The Morgan fingerprint density at radius 3 is 2.88 bits per heavy atom. The normalized spacial score (nSPS) is 11.3. The summed E-state index contributed by atoms with van der Waals surface area (Å²) in [5, 5.41) is 7.93. The third-order valence-corrected chi connectivity index (χ3v) is 3.88. The van der Waals surface area contributed by atoms with Crippen LogP contribution >= 0.6 is 11.8 Å². The smallest absolute Gasteiger partial charge is 0.148 e. The van der Waals surface area contributed by atoms with Gasteiger partial charge in [0.05, 0.1) is 10.8 Å². The molecule has 0 radical (unpaired) electrons. The van der Waals surface area contributed by atoms with Crippen LogP contribution < -0.4 is 5.73 Å². The van der Waals surface area contributed by atoms with Crippen LogP contribution in [0.25, 0.3) is 0 Å². The molecule has 1 aromatic heterocycles. The molecule has 0 aliphatic heterocycles. The Bertz CT molecular complexity index is 485. The number of sulfone groups is 1. The summed E-state index contributed by atoms with van der Waals surface area (Å²) in [7, 11) is -2.94. The Kier molecular flexibility index (Phi) is 4.31. The lowest BCUT2D eigenvalue weighted by Crippen LogP contribution is -2.11. The third-order valence-electron chi connectivity index (χ3n) is 1.75. The Morgan fingerprint density at radius 1 is 1.62 bits per heavy atom. The van der Waals surface area contributed by atoms with Gasteiger partial charge in [0.15, 0.2) is 0 Å². The fourth-order valence-electron chi connectivity index (χ4n) is 0.954. The summed E-state index contributed by atoms with van der Waals surface area (Å²) in [4.78, 5) is 4.06. The molecule has 0 saturated carbocycles. The van der Waals surface area contributed by atoms with Gasteiger partial charge >= 0.3 is 0 Å². The zero-order valence-electron chi connectivity index (χ0n) is 8.80. The van der Waals surface area contributed by atoms with Crippen molar-refractivity contribution in [2.75, 3.05) is 17.8 Å². The van der Waals surface area contributed by atoms with Gasteiger partial charge < -0.3 is 5.73 Å². The molecule has 16 heavy (non-hydrogen) atoms. The van der Waals surface area contributed by atoms with E-state index in [0.29, 0.717) is 16.3 Å². The summed E-state index contributed by atoms with van der Waals surface area (Å²) in [6.45, 7) is 0. The Hall–Kier alpha value is -1.08. The lowest BCUT2D eigenvalue weighted by atomic mass is 10.2. The number of pyridine rings is 1. The Labute approximate surface area is 98.9 Å². The van der Waals surface area contributed by atoms with E-state index in [4.69, 9.17) is 11.1 Å². The number of hydrogen-bond acceptors (Lipinski definition) is 5. The van der Waals surface area contributed by atoms with E-state index in [1.807, 2.05) is 0 Å². The van der Waals surface area contributed by atoms with Crippen LogP contribution in [0, 0.1) is 5.41 Å². The maximum Gasteiger partial charge on any atom is 0.148 e. The van der Waals surface area contributed by atoms with Crippen molar-refractivity contribution in [3.05, 3.63) is 23.9 Å². The number of amidine groups is 1. The molecule has 0 aromatic carbocycles. The van der Waals surface area contributed by atoms with Crippen LogP contribution in [0.15, 0.2) is 23.4 Å². The monoisotopic (exact) mass is 259 g/mol. The Morgan fingerprint density at radius 2 is 2.31 bits per heavy atom. The number of nitrogen functional groups attached to an aromatic ring is 1. The lowest BCUT2D eigenvalue weighted by Gasteiger charge is -2.02. The topological polar surface area (TPSA) is 96.9 Å². The van der Waals surface area contributed by atoms with Gasteiger partial charge in [0, 0.05) is 23.8 Å². The summed E-state index contributed by atoms with van der Waals surface area (Å²) in [6.07, 6.45) is 2.76. The summed E-state index contributed by atoms with van der Waals surface area (Å²) < 4.78 is 21.8. The highest BCUT2D eigenvalue weighted by Gasteiger charge is 2.04. The van der Waals surface area contributed by atoms with E-state index >= 15 is 0 Å². The number of rotatable bonds is 5. The highest BCUT2D eigenvalue weighted by atomic mass is 32.2. The molecule has 1 heterocycles. The molecule has 0 aliphatic carbocycles. The van der Waals surface area contributed by atoms with Crippen molar-refractivity contribution in [1.82, 2.24) is 4.98 Å². The molecule has 0 aliphatic rings. The number of thioether (sulfide) groups is 1. The van der Waals surface area contributed by atoms with E-state index in [1.165, 1.54) is 18.0 Å². The molecule has 0 spiro atoms. The summed E-state index contributed by atoms with van der Waals surface area (Å²) in [6, 6.07) is 3.32. The van der Waals surface area contributed by atoms with E-state index in [0.717, 1.165) is 0 Å². The Balaban J connectivity index is 2.61. The fraction of sp³-hybridized carbons (Fsp3) is 0.333. The molecule has 0 unspecified atom stereocenters. The first kappa shape index (κ1) is 13.0. The second-order valence-electron chi connectivity index (χ2n) is 3.27. The van der Waals surface area contributed by atoms with Gasteiger partial charge in [-0.1, -0.05) is 0 Å². The molecule has 0 amide bonds. The van der Waals surface area contributed by atoms with Crippen LogP contribution in [0.4, 0.5) is 0 Å². The van der Waals surface area contributed by atoms with Gasteiger partial charge in [-0.3, -0.25) is 5.41 Å². The maximum atomic E-state index is 10.9. The number of nitrogens with one attached hydrogen (secondary N) is 1. The molecule has 0 fully saturated rings. The van der Waals surface area contributed by atoms with Gasteiger partial charge in [-0.15, -0.1) is 11.8 Å². The van der Waals surface area contributed by atoms with E-state index in [1.54, 1.807) is 18.3 Å². The number of nitrogens with two attached hydrogens (primary N) is 1. The number of hydrogen-bond donors (Lipinski definition) is 2. The maximum absolute atomic E-state index is 10.9. The minimum atomic E-state index is -2.94. The highest BCUT2D eigenvalue weighted by Crippen LogP contribution is 2.16. The molecule has 3 N–H and O–H groups in total. The molecule has 1 rings (SSSR count). The van der Waals surface area contributed by atoms with E-state index in [2.05, 4.69) is 4.98 Å². The van der Waals surface area contributed by atoms with Gasteiger partial charge in [-0.25, -0.2) is 13.4 Å². The molecule has 0 atom stereocenters. The zero-order chi connectivity index (χ0) is 12.2. The number of nitrogens with zero attached hydrogens (tertiary/aromatic N) is 1. The van der Waals surface area contributed by atoms with Crippen molar-refractivity contribution in [1.29, 1.82) is 5.41 Å². The second-order valence-corrected chi connectivity index (χ2v) is 6.65. The van der Waals surface area contributed by atoms with E-state index < -0.39 is 9.84 Å². The molecular weight excluding hydrogens is 246 g/mol. The van der Waals surface area contributed by atoms with Crippen LogP contribution in [0.5, 0.6) is 0 Å². The van der Waals surface area contributed by atoms with Crippen LogP contribution in [-0.2, 0) is 9.84 Å². The quantitative estimate of drug-likeness (QED) is 0.456. The zero-order valence-corrected chi connectivity index (χ0v) is 10.4. The van der Waals surface area contributed by atoms with Crippen molar-refractivity contribution < 1.29 is 8.42 Å². The van der Waals surface area contributed by atoms with Gasteiger partial charge in [0.2, 0.25) is 0 Å². The highest BCUT2D eigenvalue weighted by molar-refractivity contribution is 8.00. The summed E-state index contributed by atoms with van der Waals surface area (Å²) in [5.41, 5.74) is 5.93. The molecule has 1 aromatic rings. The van der Waals surface area contributed by atoms with Gasteiger partial charge in [-0.2, -0.15) is 0 Å². The fourth-order valence-corrected chi connectivity index (χ4v) is 3.05. The van der Waals surface area contributed by atoms with Crippen LogP contribution in [0.1, 0.15) is 5.56 Å². The average Bonchev–Trinajstić information content (AvgIpc) is 2.16. The van der Waals surface area contributed by atoms with Crippen molar-refractivity contribution in [2.45, 2.75) is 5.03 Å². The average molecular weight is 259 g/mol. The minimum absolute atomic E-state index is 0.0210. The third kappa shape index (κ3) is 4.63. The van der Waals surface area contributed by atoms with Crippen molar-refractivity contribution in [3.63, 3.8) is 0 Å². The first-order valence-electron chi connectivity index (χ1n) is 4.49. The van der Waals surface area contributed by atoms with E-state index in [-0.39, 0.29) is 11.6 Å². The largest absolute Gasteiger partial charge is 0.384 e. The van der Waals surface area contributed by atoms with Crippen molar-refractivity contribution in [3.8, 4) is 0 Å². The van der Waals surface area contributed by atoms with Crippen LogP contribution in [0.2, 0.25) is 0 Å². The van der Waals surface area contributed by atoms with E-state index in [9.17, 15) is 8.42 Å². The first-order valence-corrected chi connectivity index (χ1v) is 7.54. The predicted octanol–water partition coefficient (Wildman–Crippen LogP) is 0.502. The molecule has 0 saturated heterocycles. The standard InChI is InChI=1S/C9H13N3O2S2/c1-16(13,14)5-4-15-8-6-7(9(10)11)2-3-12-8/h2-3,6H,4-5H2,1H3,(H3,10,11). The molecule has 88 valence electrons. The molecule has 5 nitrogen and oxygen atoms in total. The lowest BCUT2D eigenvalue weighted by molar-refractivity contribution is 0.603. The van der Waals surface area contributed by atoms with Crippen LogP contribution in [0.3, 0.4) is 0 Å². The SMILES string of the molecule is CS(=O)(=O)CCSc1cc(C(=N)N)ccn1. The second kappa shape index (κ2) is 5.31. The summed E-state index contributed by atoms with van der Waals surface area (Å²) >= 11 is 1.34. The minimum Gasteiger partial charge on any atom is -0.384 e. The number of aromatic nitrogens is 1. The van der Waals surface area contributed by atoms with Gasteiger partial charge in [0.1, 0.15) is 15.7 Å². The molecular formula is C9H13N3O2S2. The van der Waals surface area contributed by atoms with Gasteiger partial charge in [-0.05, 0) is 12.1 Å². The first-order chi connectivity index (χ1) is 7.38. The predicted molar refractivity (Wildman–Crippen MR) is 65.7 cm³/mol. The van der Waals surface area contributed by atoms with Crippen LogP contribution in [-0.4, -0.2) is 37.0 Å². The van der Waals surface area contributed by atoms with Gasteiger partial charge in [0.25, 0.3) is 0 Å². The van der Waals surface area contributed by atoms with Crippen molar-refractivity contribution in [2.24, 2.45) is 5.73 Å². The summed E-state index contributed by atoms with van der Waals surface area (Å²) in [5.74, 6) is 0.545. The molecule has 0 bridgehead atoms.